The van der Waals surface area contributed by atoms with Crippen molar-refractivity contribution < 1.29 is 18.7 Å². The van der Waals surface area contributed by atoms with Crippen molar-refractivity contribution in [2.75, 3.05) is 42.6 Å². The van der Waals surface area contributed by atoms with Crippen LogP contribution in [0, 0.1) is 11.2 Å². The Morgan fingerprint density at radius 1 is 1.25 bits per heavy atom. The van der Waals surface area contributed by atoms with Crippen molar-refractivity contribution >= 4 is 17.5 Å². The zero-order valence-corrected chi connectivity index (χ0v) is 15.5. The molecule has 1 atom stereocenters. The van der Waals surface area contributed by atoms with E-state index >= 15 is 0 Å². The van der Waals surface area contributed by atoms with Gasteiger partial charge in [-0.05, 0) is 31.0 Å². The minimum absolute atomic E-state index is 0.311. The van der Waals surface area contributed by atoms with Crippen molar-refractivity contribution in [2.45, 2.75) is 25.5 Å². The Labute approximate surface area is 161 Å². The van der Waals surface area contributed by atoms with Crippen LogP contribution in [-0.2, 0) is 16.0 Å². The molecule has 0 aliphatic carbocycles. The number of ether oxygens (including phenoxy) is 2. The summed E-state index contributed by atoms with van der Waals surface area (Å²) >= 11 is 0. The summed E-state index contributed by atoms with van der Waals surface area (Å²) in [4.78, 5) is 15.8. The zero-order chi connectivity index (χ0) is 19.1. The van der Waals surface area contributed by atoms with Gasteiger partial charge >= 0.3 is 6.09 Å². The number of rotatable bonds is 4. The number of aromatic nitrogens is 3. The van der Waals surface area contributed by atoms with Gasteiger partial charge in [0.2, 0.25) is 0 Å². The summed E-state index contributed by atoms with van der Waals surface area (Å²) < 4.78 is 27.2. The molecule has 0 unspecified atom stereocenters. The molecule has 28 heavy (non-hydrogen) atoms. The second-order valence-corrected chi connectivity index (χ2v) is 7.86. The predicted octanol–water partition coefficient (Wildman–Crippen LogP) is 2.06. The summed E-state index contributed by atoms with van der Waals surface area (Å²) in [6.45, 7) is 4.08. The molecular weight excluding hydrogens is 365 g/mol. The number of carbonyl (C=O) groups is 1. The molecule has 3 aliphatic heterocycles. The highest BCUT2D eigenvalue weighted by Gasteiger charge is 2.41. The SMILES string of the molecule is O=C1O[C@@H](Cn2ccnn2)CN1c1ccc(N2CCC3(CC2)COC3)c(F)c1. The van der Waals surface area contributed by atoms with Gasteiger partial charge < -0.3 is 14.4 Å². The summed E-state index contributed by atoms with van der Waals surface area (Å²) in [6, 6.07) is 4.97. The lowest BCUT2D eigenvalue weighted by molar-refractivity contribution is -0.124. The molecule has 0 saturated carbocycles. The van der Waals surface area contributed by atoms with E-state index in [1.54, 1.807) is 29.2 Å². The van der Waals surface area contributed by atoms with Crippen LogP contribution < -0.4 is 9.80 Å². The van der Waals surface area contributed by atoms with Gasteiger partial charge in [-0.2, -0.15) is 0 Å². The third-order valence-corrected chi connectivity index (χ3v) is 5.96. The number of hydrogen-bond acceptors (Lipinski definition) is 6. The summed E-state index contributed by atoms with van der Waals surface area (Å²) in [5, 5.41) is 7.63. The van der Waals surface area contributed by atoms with E-state index in [1.807, 2.05) is 0 Å². The van der Waals surface area contributed by atoms with Crippen LogP contribution in [0.25, 0.3) is 0 Å². The number of halogens is 1. The van der Waals surface area contributed by atoms with Crippen LogP contribution in [0.2, 0.25) is 0 Å². The second-order valence-electron chi connectivity index (χ2n) is 7.86. The molecule has 9 heteroatoms. The Morgan fingerprint density at radius 3 is 2.71 bits per heavy atom. The third-order valence-electron chi connectivity index (χ3n) is 5.96. The number of anilines is 2. The minimum atomic E-state index is -0.470. The number of hydrogen-bond donors (Lipinski definition) is 0. The van der Waals surface area contributed by atoms with Gasteiger partial charge in [0.1, 0.15) is 11.9 Å². The lowest BCUT2D eigenvalue weighted by Gasteiger charge is -2.47. The molecular formula is C19H22FN5O3. The van der Waals surface area contributed by atoms with E-state index < -0.39 is 6.09 Å². The number of benzene rings is 1. The van der Waals surface area contributed by atoms with Crippen LogP contribution in [0.5, 0.6) is 0 Å². The van der Waals surface area contributed by atoms with Gasteiger partial charge in [0.25, 0.3) is 0 Å². The molecule has 0 N–H and O–H groups in total. The normalized spacial score (nSPS) is 23.8. The molecule has 5 rings (SSSR count). The molecule has 3 aliphatic rings. The van der Waals surface area contributed by atoms with Gasteiger partial charge in [0, 0.05) is 24.7 Å². The highest BCUT2D eigenvalue weighted by molar-refractivity contribution is 5.90. The van der Waals surface area contributed by atoms with Crippen LogP contribution in [0.4, 0.5) is 20.6 Å². The first-order valence-electron chi connectivity index (χ1n) is 9.56. The molecule has 3 saturated heterocycles. The lowest BCUT2D eigenvalue weighted by Crippen LogP contribution is -2.51. The average Bonchev–Trinajstić information content (AvgIpc) is 3.30. The van der Waals surface area contributed by atoms with E-state index in [2.05, 4.69) is 15.2 Å². The van der Waals surface area contributed by atoms with Gasteiger partial charge in [-0.1, -0.05) is 5.21 Å². The monoisotopic (exact) mass is 387 g/mol. The van der Waals surface area contributed by atoms with Crippen LogP contribution in [0.3, 0.4) is 0 Å². The smallest absolute Gasteiger partial charge is 0.414 e. The maximum atomic E-state index is 14.8. The van der Waals surface area contributed by atoms with E-state index in [0.717, 1.165) is 39.1 Å². The quantitative estimate of drug-likeness (QED) is 0.800. The fourth-order valence-electron chi connectivity index (χ4n) is 4.19. The van der Waals surface area contributed by atoms with Crippen molar-refractivity contribution in [2.24, 2.45) is 5.41 Å². The van der Waals surface area contributed by atoms with E-state index in [-0.39, 0.29) is 11.9 Å². The Balaban J connectivity index is 1.26. The Hall–Kier alpha value is -2.68. The van der Waals surface area contributed by atoms with Gasteiger partial charge in [-0.15, -0.1) is 5.10 Å². The molecule has 0 radical (unpaired) electrons. The predicted molar refractivity (Wildman–Crippen MR) is 98.7 cm³/mol. The maximum Gasteiger partial charge on any atom is 0.414 e. The van der Waals surface area contributed by atoms with Crippen LogP contribution in [0.15, 0.2) is 30.6 Å². The molecule has 148 valence electrons. The lowest BCUT2D eigenvalue weighted by atomic mass is 9.77. The van der Waals surface area contributed by atoms with Gasteiger partial charge in [0.05, 0.1) is 43.9 Å². The summed E-state index contributed by atoms with van der Waals surface area (Å²) in [6.07, 6.45) is 4.52. The highest BCUT2D eigenvalue weighted by atomic mass is 19.1. The van der Waals surface area contributed by atoms with Crippen molar-refractivity contribution in [3.05, 3.63) is 36.4 Å². The fourth-order valence-corrected chi connectivity index (χ4v) is 4.19. The van der Waals surface area contributed by atoms with E-state index in [4.69, 9.17) is 9.47 Å². The zero-order valence-electron chi connectivity index (χ0n) is 15.5. The number of nitrogens with zero attached hydrogens (tertiary/aromatic N) is 5. The van der Waals surface area contributed by atoms with Gasteiger partial charge in [0.15, 0.2) is 0 Å². The van der Waals surface area contributed by atoms with Crippen molar-refractivity contribution in [1.82, 2.24) is 15.0 Å². The molecule has 2 aromatic rings. The van der Waals surface area contributed by atoms with E-state index in [0.29, 0.717) is 29.9 Å². The Kier molecular flexibility index (Phi) is 4.19. The third kappa shape index (κ3) is 3.09. The van der Waals surface area contributed by atoms with Crippen molar-refractivity contribution in [3.8, 4) is 0 Å². The van der Waals surface area contributed by atoms with Crippen molar-refractivity contribution in [3.63, 3.8) is 0 Å². The molecule has 1 aromatic carbocycles. The summed E-state index contributed by atoms with van der Waals surface area (Å²) in [5.41, 5.74) is 1.41. The van der Waals surface area contributed by atoms with Gasteiger partial charge in [-0.25, -0.2) is 13.9 Å². The van der Waals surface area contributed by atoms with Crippen LogP contribution >= 0.6 is 0 Å². The van der Waals surface area contributed by atoms with Crippen LogP contribution in [0.1, 0.15) is 12.8 Å². The van der Waals surface area contributed by atoms with E-state index in [9.17, 15) is 9.18 Å². The fraction of sp³-hybridized carbons (Fsp3) is 0.526. The number of cyclic esters (lactones) is 1. The Bertz CT molecular complexity index is 860. The average molecular weight is 387 g/mol. The molecule has 4 heterocycles. The minimum Gasteiger partial charge on any atom is -0.442 e. The molecule has 8 nitrogen and oxygen atoms in total. The molecule has 1 spiro atoms. The highest BCUT2D eigenvalue weighted by Crippen LogP contribution is 2.40. The summed E-state index contributed by atoms with van der Waals surface area (Å²) in [7, 11) is 0. The molecule has 1 amide bonds. The Morgan fingerprint density at radius 2 is 2.07 bits per heavy atom. The van der Waals surface area contributed by atoms with E-state index in [1.165, 1.54) is 11.0 Å². The number of piperidine rings is 1. The topological polar surface area (TPSA) is 72.7 Å². The van der Waals surface area contributed by atoms with Crippen LogP contribution in [-0.4, -0.2) is 60.0 Å². The first kappa shape index (κ1) is 17.4. The standard InChI is InChI=1S/C19H22FN5O3/c20-16-9-14(25-11-15(28-18(25)26)10-24-8-5-21-22-24)1-2-17(16)23-6-3-19(4-7-23)12-27-13-19/h1-2,5,8-9,15H,3-4,6-7,10-13H2/t15-/m0/s1. The molecule has 1 aromatic heterocycles. The number of carbonyl (C=O) groups excluding carboxylic acids is 1. The maximum absolute atomic E-state index is 14.8. The van der Waals surface area contributed by atoms with Crippen molar-refractivity contribution in [1.29, 1.82) is 0 Å². The first-order valence-corrected chi connectivity index (χ1v) is 9.56. The molecule has 0 bridgehead atoms. The van der Waals surface area contributed by atoms with Gasteiger partial charge in [-0.3, -0.25) is 4.90 Å². The second kappa shape index (κ2) is 6.73. The largest absolute Gasteiger partial charge is 0.442 e. The summed E-state index contributed by atoms with van der Waals surface area (Å²) in [5.74, 6) is -0.314. The number of amides is 1. The first-order chi connectivity index (χ1) is 13.6. The molecule has 3 fully saturated rings.